The Hall–Kier alpha value is -0.820. The van der Waals surface area contributed by atoms with E-state index >= 15 is 0 Å². The van der Waals surface area contributed by atoms with E-state index in [9.17, 15) is 0 Å². The molecule has 14 heavy (non-hydrogen) atoms. The minimum absolute atomic E-state index is 0.276. The lowest BCUT2D eigenvalue weighted by molar-refractivity contribution is 0.207. The van der Waals surface area contributed by atoms with E-state index < -0.39 is 0 Å². The van der Waals surface area contributed by atoms with Crippen LogP contribution in [0.2, 0.25) is 0 Å². The summed E-state index contributed by atoms with van der Waals surface area (Å²) in [5, 5.41) is 3.48. The smallest absolute Gasteiger partial charge is 0.0206 e. The van der Waals surface area contributed by atoms with Crippen LogP contribution in [0.15, 0.2) is 18.2 Å². The Morgan fingerprint density at radius 3 is 2.50 bits per heavy atom. The van der Waals surface area contributed by atoms with Crippen molar-refractivity contribution in [1.82, 2.24) is 5.32 Å². The maximum Gasteiger partial charge on any atom is 0.0206 e. The minimum atomic E-state index is 0.276. The lowest BCUT2D eigenvalue weighted by Crippen LogP contribution is -2.59. The van der Waals surface area contributed by atoms with Crippen molar-refractivity contribution in [2.24, 2.45) is 0 Å². The first-order chi connectivity index (χ1) is 6.50. The molecule has 1 aliphatic rings. The Kier molecular flexibility index (Phi) is 2.15. The Bertz CT molecular complexity index is 352. The van der Waals surface area contributed by atoms with Crippen molar-refractivity contribution in [2.75, 3.05) is 6.54 Å². The number of hydrogen-bond donors (Lipinski definition) is 1. The highest BCUT2D eigenvalue weighted by Crippen LogP contribution is 2.36. The van der Waals surface area contributed by atoms with Crippen LogP contribution >= 0.6 is 0 Å². The van der Waals surface area contributed by atoms with Gasteiger partial charge >= 0.3 is 0 Å². The van der Waals surface area contributed by atoms with Gasteiger partial charge in [0, 0.05) is 18.0 Å². The molecule has 1 unspecified atom stereocenters. The first kappa shape index (κ1) is 9.72. The molecule has 0 bridgehead atoms. The van der Waals surface area contributed by atoms with Gasteiger partial charge in [0.05, 0.1) is 0 Å². The van der Waals surface area contributed by atoms with Gasteiger partial charge in [0.25, 0.3) is 0 Å². The first-order valence-corrected chi connectivity index (χ1v) is 5.33. The fourth-order valence-corrected chi connectivity index (χ4v) is 2.25. The molecule has 0 aliphatic carbocycles. The van der Waals surface area contributed by atoms with Gasteiger partial charge in [-0.1, -0.05) is 23.8 Å². The lowest BCUT2D eigenvalue weighted by atomic mass is 9.73. The molecule has 0 radical (unpaired) electrons. The summed E-state index contributed by atoms with van der Waals surface area (Å²) in [7, 11) is 0. The molecule has 1 fully saturated rings. The van der Waals surface area contributed by atoms with Crippen LogP contribution in [0.25, 0.3) is 0 Å². The van der Waals surface area contributed by atoms with Gasteiger partial charge in [-0.25, -0.2) is 0 Å². The number of benzene rings is 1. The molecule has 1 heteroatoms. The number of hydrogen-bond acceptors (Lipinski definition) is 1. The average Bonchev–Trinajstić information content (AvgIpc) is 2.10. The van der Waals surface area contributed by atoms with Crippen molar-refractivity contribution >= 4 is 0 Å². The van der Waals surface area contributed by atoms with E-state index in [0.717, 1.165) is 6.54 Å². The van der Waals surface area contributed by atoms with E-state index in [1.807, 2.05) is 0 Å². The lowest BCUT2D eigenvalue weighted by Gasteiger charge is -2.47. The summed E-state index contributed by atoms with van der Waals surface area (Å²) >= 11 is 0. The van der Waals surface area contributed by atoms with Crippen LogP contribution < -0.4 is 5.32 Å². The number of aryl methyl sites for hydroxylation is 2. The van der Waals surface area contributed by atoms with Gasteiger partial charge < -0.3 is 5.32 Å². The van der Waals surface area contributed by atoms with Crippen LogP contribution in [0.3, 0.4) is 0 Å². The van der Waals surface area contributed by atoms with E-state index in [1.54, 1.807) is 0 Å². The second-order valence-corrected chi connectivity index (χ2v) is 5.02. The Morgan fingerprint density at radius 1 is 1.29 bits per heavy atom. The summed E-state index contributed by atoms with van der Waals surface area (Å²) in [5.74, 6) is 0.683. The predicted molar refractivity (Wildman–Crippen MR) is 60.7 cm³/mol. The van der Waals surface area contributed by atoms with Gasteiger partial charge in [0.15, 0.2) is 0 Å². The maximum absolute atomic E-state index is 3.48. The van der Waals surface area contributed by atoms with Crippen LogP contribution in [-0.2, 0) is 0 Å². The standard InChI is InChI=1S/C13H19N/c1-9-5-6-10(2)11(7-9)12-8-14-13(12,3)4/h5-7,12,14H,8H2,1-4H3. The second-order valence-electron chi connectivity index (χ2n) is 5.02. The van der Waals surface area contributed by atoms with E-state index in [0.29, 0.717) is 5.92 Å². The van der Waals surface area contributed by atoms with Crippen molar-refractivity contribution < 1.29 is 0 Å². The normalized spacial score (nSPS) is 24.4. The van der Waals surface area contributed by atoms with Crippen molar-refractivity contribution in [3.05, 3.63) is 34.9 Å². The number of nitrogens with one attached hydrogen (secondary N) is 1. The molecule has 1 N–H and O–H groups in total. The van der Waals surface area contributed by atoms with Crippen LogP contribution in [-0.4, -0.2) is 12.1 Å². The summed E-state index contributed by atoms with van der Waals surface area (Å²) < 4.78 is 0. The highest BCUT2D eigenvalue weighted by atomic mass is 15.1. The first-order valence-electron chi connectivity index (χ1n) is 5.33. The van der Waals surface area contributed by atoms with Crippen LogP contribution in [0, 0.1) is 13.8 Å². The molecule has 0 saturated carbocycles. The molecule has 1 aromatic rings. The molecule has 1 aliphatic heterocycles. The SMILES string of the molecule is Cc1ccc(C)c(C2CNC2(C)C)c1. The van der Waals surface area contributed by atoms with Crippen molar-refractivity contribution in [3.8, 4) is 0 Å². The molecule has 1 nitrogen and oxygen atoms in total. The van der Waals surface area contributed by atoms with Gasteiger partial charge in [-0.3, -0.25) is 0 Å². The van der Waals surface area contributed by atoms with Crippen molar-refractivity contribution in [2.45, 2.75) is 39.2 Å². The third kappa shape index (κ3) is 1.46. The molecule has 76 valence electrons. The molecule has 0 aromatic heterocycles. The topological polar surface area (TPSA) is 12.0 Å². The molecule has 1 atom stereocenters. The fraction of sp³-hybridized carbons (Fsp3) is 0.538. The van der Waals surface area contributed by atoms with Crippen LogP contribution in [0.1, 0.15) is 36.5 Å². The van der Waals surface area contributed by atoms with Gasteiger partial charge in [0.2, 0.25) is 0 Å². The summed E-state index contributed by atoms with van der Waals surface area (Å²) in [6.45, 7) is 10.1. The van der Waals surface area contributed by atoms with Crippen LogP contribution in [0.4, 0.5) is 0 Å². The Balaban J connectivity index is 2.37. The molecule has 2 rings (SSSR count). The summed E-state index contributed by atoms with van der Waals surface area (Å²) in [6, 6.07) is 6.76. The van der Waals surface area contributed by atoms with Gasteiger partial charge in [0.1, 0.15) is 0 Å². The largest absolute Gasteiger partial charge is 0.310 e. The van der Waals surface area contributed by atoms with E-state index in [1.165, 1.54) is 16.7 Å². The van der Waals surface area contributed by atoms with Crippen molar-refractivity contribution in [1.29, 1.82) is 0 Å². The second kappa shape index (κ2) is 3.09. The Labute approximate surface area is 86.5 Å². The maximum atomic E-state index is 3.48. The third-order valence-corrected chi connectivity index (χ3v) is 3.44. The summed E-state index contributed by atoms with van der Waals surface area (Å²) in [5.41, 5.74) is 4.59. The van der Waals surface area contributed by atoms with Gasteiger partial charge in [-0.05, 0) is 38.8 Å². The van der Waals surface area contributed by atoms with E-state index in [2.05, 4.69) is 51.2 Å². The molecule has 0 spiro atoms. The molecule has 1 heterocycles. The minimum Gasteiger partial charge on any atom is -0.310 e. The zero-order valence-corrected chi connectivity index (χ0v) is 9.52. The fourth-order valence-electron chi connectivity index (χ4n) is 2.25. The van der Waals surface area contributed by atoms with Gasteiger partial charge in [-0.2, -0.15) is 0 Å². The Morgan fingerprint density at radius 2 is 2.00 bits per heavy atom. The molecular weight excluding hydrogens is 170 g/mol. The molecule has 0 amide bonds. The third-order valence-electron chi connectivity index (χ3n) is 3.44. The molecule has 1 saturated heterocycles. The quantitative estimate of drug-likeness (QED) is 0.716. The van der Waals surface area contributed by atoms with Crippen molar-refractivity contribution in [3.63, 3.8) is 0 Å². The van der Waals surface area contributed by atoms with E-state index in [-0.39, 0.29) is 5.54 Å². The van der Waals surface area contributed by atoms with Gasteiger partial charge in [-0.15, -0.1) is 0 Å². The van der Waals surface area contributed by atoms with E-state index in [4.69, 9.17) is 0 Å². The summed E-state index contributed by atoms with van der Waals surface area (Å²) in [6.07, 6.45) is 0. The number of rotatable bonds is 1. The highest BCUT2D eigenvalue weighted by Gasteiger charge is 2.39. The monoisotopic (exact) mass is 189 g/mol. The van der Waals surface area contributed by atoms with Crippen LogP contribution in [0.5, 0.6) is 0 Å². The average molecular weight is 189 g/mol. The zero-order chi connectivity index (χ0) is 10.3. The predicted octanol–water partition coefficient (Wildman–Crippen LogP) is 2.77. The molecule has 1 aromatic carbocycles. The summed E-state index contributed by atoms with van der Waals surface area (Å²) in [4.78, 5) is 0. The highest BCUT2D eigenvalue weighted by molar-refractivity contribution is 5.37. The molecular formula is C13H19N. The zero-order valence-electron chi connectivity index (χ0n) is 9.52.